The summed E-state index contributed by atoms with van der Waals surface area (Å²) in [5.74, 6) is 0.138. The largest absolute Gasteiger partial charge is 0.399 e. The van der Waals surface area contributed by atoms with Crippen LogP contribution in [-0.4, -0.2) is 23.7 Å². The lowest BCUT2D eigenvalue weighted by Gasteiger charge is -2.33. The lowest BCUT2D eigenvalue weighted by atomic mass is 10.2. The van der Waals surface area contributed by atoms with E-state index in [0.29, 0.717) is 12.2 Å². The molecule has 0 bridgehead atoms. The van der Waals surface area contributed by atoms with Crippen LogP contribution in [-0.2, 0) is 4.79 Å². The zero-order chi connectivity index (χ0) is 13.3. The standard InChI is InChI=1S/C13H19N3OS/c1-8(14)5-6-16-11-7-10(15)3-4-12(11)18-9(2)13(16)17/h3-4,7-9H,5-6,14-15H2,1-2H3. The molecule has 1 amide bonds. The van der Waals surface area contributed by atoms with E-state index in [9.17, 15) is 4.79 Å². The first-order chi connectivity index (χ1) is 8.49. The highest BCUT2D eigenvalue weighted by Crippen LogP contribution is 2.40. The summed E-state index contributed by atoms with van der Waals surface area (Å²) in [7, 11) is 0. The van der Waals surface area contributed by atoms with Gasteiger partial charge in [-0.1, -0.05) is 0 Å². The van der Waals surface area contributed by atoms with Gasteiger partial charge < -0.3 is 16.4 Å². The van der Waals surface area contributed by atoms with E-state index in [2.05, 4.69) is 0 Å². The van der Waals surface area contributed by atoms with Crippen LogP contribution >= 0.6 is 11.8 Å². The van der Waals surface area contributed by atoms with E-state index in [1.54, 1.807) is 11.8 Å². The number of benzene rings is 1. The van der Waals surface area contributed by atoms with Crippen molar-refractivity contribution >= 4 is 29.0 Å². The lowest BCUT2D eigenvalue weighted by molar-refractivity contribution is -0.118. The van der Waals surface area contributed by atoms with Crippen molar-refractivity contribution in [3.8, 4) is 0 Å². The first-order valence-corrected chi connectivity index (χ1v) is 7.00. The number of nitrogens with zero attached hydrogens (tertiary/aromatic N) is 1. The van der Waals surface area contributed by atoms with Gasteiger partial charge in [0.05, 0.1) is 10.9 Å². The number of amides is 1. The summed E-state index contributed by atoms with van der Waals surface area (Å²) in [6.07, 6.45) is 0.789. The fourth-order valence-electron chi connectivity index (χ4n) is 1.99. The summed E-state index contributed by atoms with van der Waals surface area (Å²) in [6, 6.07) is 5.81. The van der Waals surface area contributed by atoms with Crippen LogP contribution in [0, 0.1) is 0 Å². The molecule has 0 aromatic heterocycles. The molecule has 0 spiro atoms. The molecule has 1 aromatic carbocycles. The molecule has 2 atom stereocenters. The molecule has 0 saturated carbocycles. The van der Waals surface area contributed by atoms with Crippen molar-refractivity contribution in [2.24, 2.45) is 5.73 Å². The second kappa shape index (κ2) is 5.20. The van der Waals surface area contributed by atoms with Crippen molar-refractivity contribution in [2.45, 2.75) is 36.5 Å². The van der Waals surface area contributed by atoms with Gasteiger partial charge in [-0.2, -0.15) is 0 Å². The minimum absolute atomic E-state index is 0.0470. The zero-order valence-corrected chi connectivity index (χ0v) is 11.5. The number of hydrogen-bond acceptors (Lipinski definition) is 4. The van der Waals surface area contributed by atoms with Crippen molar-refractivity contribution < 1.29 is 4.79 Å². The summed E-state index contributed by atoms with van der Waals surface area (Å²) in [5.41, 5.74) is 13.2. The highest BCUT2D eigenvalue weighted by Gasteiger charge is 2.30. The average Bonchev–Trinajstić information content (AvgIpc) is 2.30. The van der Waals surface area contributed by atoms with E-state index in [4.69, 9.17) is 11.5 Å². The Hall–Kier alpha value is -1.20. The lowest BCUT2D eigenvalue weighted by Crippen LogP contribution is -2.41. The molecule has 1 heterocycles. The number of carbonyl (C=O) groups is 1. The molecule has 2 rings (SSSR count). The Labute approximate surface area is 112 Å². The Morgan fingerprint density at radius 2 is 2.22 bits per heavy atom. The van der Waals surface area contributed by atoms with Crippen molar-refractivity contribution in [1.82, 2.24) is 0 Å². The SMILES string of the molecule is CC(N)CCN1C(=O)C(C)Sc2ccc(N)cc21. The summed E-state index contributed by atoms with van der Waals surface area (Å²) in [4.78, 5) is 15.2. The molecule has 98 valence electrons. The molecule has 5 heteroatoms. The van der Waals surface area contributed by atoms with Crippen LogP contribution in [0.15, 0.2) is 23.1 Å². The van der Waals surface area contributed by atoms with Gasteiger partial charge in [0.15, 0.2) is 0 Å². The Bertz CT molecular complexity index is 462. The third-order valence-electron chi connectivity index (χ3n) is 3.00. The van der Waals surface area contributed by atoms with Crippen LogP contribution in [0.4, 0.5) is 11.4 Å². The predicted molar refractivity (Wildman–Crippen MR) is 76.8 cm³/mol. The van der Waals surface area contributed by atoms with Crippen molar-refractivity contribution in [3.05, 3.63) is 18.2 Å². The smallest absolute Gasteiger partial charge is 0.240 e. The maximum absolute atomic E-state index is 12.2. The molecule has 1 aliphatic heterocycles. The van der Waals surface area contributed by atoms with Crippen LogP contribution in [0.5, 0.6) is 0 Å². The quantitative estimate of drug-likeness (QED) is 0.818. The van der Waals surface area contributed by atoms with Crippen molar-refractivity contribution in [3.63, 3.8) is 0 Å². The fraction of sp³-hybridized carbons (Fsp3) is 0.462. The number of rotatable bonds is 3. The molecular formula is C13H19N3OS. The first kappa shape index (κ1) is 13.2. The Morgan fingerprint density at radius 1 is 1.50 bits per heavy atom. The third-order valence-corrected chi connectivity index (χ3v) is 4.15. The van der Waals surface area contributed by atoms with Crippen LogP contribution in [0.1, 0.15) is 20.3 Å². The molecule has 0 aliphatic carbocycles. The molecule has 18 heavy (non-hydrogen) atoms. The maximum atomic E-state index is 12.2. The van der Waals surface area contributed by atoms with Crippen LogP contribution in [0.25, 0.3) is 0 Å². The molecule has 1 aliphatic rings. The van der Waals surface area contributed by atoms with E-state index < -0.39 is 0 Å². The summed E-state index contributed by atoms with van der Waals surface area (Å²) < 4.78 is 0. The third kappa shape index (κ3) is 2.62. The maximum Gasteiger partial charge on any atom is 0.240 e. The molecule has 4 nitrogen and oxygen atoms in total. The van der Waals surface area contributed by atoms with Gasteiger partial charge in [-0.3, -0.25) is 4.79 Å². The molecule has 1 aromatic rings. The molecule has 0 radical (unpaired) electrons. The van der Waals surface area contributed by atoms with Gasteiger partial charge in [-0.15, -0.1) is 11.8 Å². The highest BCUT2D eigenvalue weighted by molar-refractivity contribution is 8.00. The van der Waals surface area contributed by atoms with Crippen LogP contribution in [0.2, 0.25) is 0 Å². The van der Waals surface area contributed by atoms with Gasteiger partial charge in [0, 0.05) is 23.2 Å². The normalized spacial score (nSPS) is 20.7. The number of carbonyl (C=O) groups excluding carboxylic acids is 1. The van der Waals surface area contributed by atoms with Gasteiger partial charge in [-0.05, 0) is 38.5 Å². The molecule has 4 N–H and O–H groups in total. The average molecular weight is 265 g/mol. The topological polar surface area (TPSA) is 72.3 Å². The number of hydrogen-bond donors (Lipinski definition) is 2. The minimum atomic E-state index is -0.0470. The fourth-order valence-corrected chi connectivity index (χ4v) is 3.03. The number of nitrogens with two attached hydrogens (primary N) is 2. The highest BCUT2D eigenvalue weighted by atomic mass is 32.2. The van der Waals surface area contributed by atoms with E-state index in [-0.39, 0.29) is 17.2 Å². The van der Waals surface area contributed by atoms with E-state index in [1.165, 1.54) is 0 Å². The van der Waals surface area contributed by atoms with Crippen LogP contribution < -0.4 is 16.4 Å². The van der Waals surface area contributed by atoms with Gasteiger partial charge in [-0.25, -0.2) is 0 Å². The number of thioether (sulfide) groups is 1. The van der Waals surface area contributed by atoms with E-state index >= 15 is 0 Å². The van der Waals surface area contributed by atoms with Gasteiger partial charge in [0.25, 0.3) is 0 Å². The Balaban J connectivity index is 2.31. The zero-order valence-electron chi connectivity index (χ0n) is 10.7. The number of anilines is 2. The Morgan fingerprint density at radius 3 is 2.89 bits per heavy atom. The molecule has 0 saturated heterocycles. The summed E-state index contributed by atoms with van der Waals surface area (Å²) >= 11 is 1.59. The van der Waals surface area contributed by atoms with Gasteiger partial charge in [0.2, 0.25) is 5.91 Å². The number of fused-ring (bicyclic) bond motifs is 1. The number of nitrogen functional groups attached to an aromatic ring is 1. The van der Waals surface area contributed by atoms with E-state index in [0.717, 1.165) is 17.0 Å². The van der Waals surface area contributed by atoms with Crippen LogP contribution in [0.3, 0.4) is 0 Å². The van der Waals surface area contributed by atoms with Gasteiger partial charge in [0.1, 0.15) is 0 Å². The predicted octanol–water partition coefficient (Wildman–Crippen LogP) is 1.83. The minimum Gasteiger partial charge on any atom is -0.399 e. The molecule has 0 fully saturated rings. The second-order valence-electron chi connectivity index (χ2n) is 4.74. The van der Waals surface area contributed by atoms with Crippen molar-refractivity contribution in [1.29, 1.82) is 0 Å². The van der Waals surface area contributed by atoms with Gasteiger partial charge >= 0.3 is 0 Å². The first-order valence-electron chi connectivity index (χ1n) is 6.12. The second-order valence-corrected chi connectivity index (χ2v) is 6.13. The monoisotopic (exact) mass is 265 g/mol. The van der Waals surface area contributed by atoms with E-state index in [1.807, 2.05) is 36.9 Å². The Kier molecular flexibility index (Phi) is 3.82. The molecular weight excluding hydrogens is 246 g/mol. The van der Waals surface area contributed by atoms with Crippen molar-refractivity contribution in [2.75, 3.05) is 17.2 Å². The summed E-state index contributed by atoms with van der Waals surface area (Å²) in [5, 5.41) is -0.0470. The molecule has 2 unspecified atom stereocenters. The summed E-state index contributed by atoms with van der Waals surface area (Å²) in [6.45, 7) is 4.54.